The van der Waals surface area contributed by atoms with E-state index in [0.717, 1.165) is 31.6 Å². The minimum atomic E-state index is 0.0525. The Kier molecular flexibility index (Phi) is 6.79. The van der Waals surface area contributed by atoms with Crippen LogP contribution in [0.2, 0.25) is 0 Å². The van der Waals surface area contributed by atoms with Gasteiger partial charge in [-0.05, 0) is 37.5 Å². The molecule has 0 bridgehead atoms. The van der Waals surface area contributed by atoms with Crippen LogP contribution in [0, 0.1) is 5.92 Å². The first-order valence-corrected chi connectivity index (χ1v) is 8.73. The third-order valence-corrected chi connectivity index (χ3v) is 4.32. The second-order valence-electron chi connectivity index (χ2n) is 5.90. The number of aromatic nitrogens is 1. The first-order valence-electron chi connectivity index (χ1n) is 8.73. The van der Waals surface area contributed by atoms with Gasteiger partial charge in [-0.3, -0.25) is 4.79 Å². The summed E-state index contributed by atoms with van der Waals surface area (Å²) in [5.41, 5.74) is 2.33. The van der Waals surface area contributed by atoms with Crippen molar-refractivity contribution in [2.24, 2.45) is 5.92 Å². The molecule has 2 rings (SSSR count). The van der Waals surface area contributed by atoms with E-state index in [-0.39, 0.29) is 11.8 Å². The summed E-state index contributed by atoms with van der Waals surface area (Å²) in [6.45, 7) is 7.94. The summed E-state index contributed by atoms with van der Waals surface area (Å²) in [6.07, 6.45) is 3.52. The summed E-state index contributed by atoms with van der Waals surface area (Å²) in [6, 6.07) is 14.3. The third kappa shape index (κ3) is 4.82. The lowest BCUT2D eigenvalue weighted by atomic mass is 10.0. The molecule has 0 saturated heterocycles. The molecule has 0 radical (unpaired) electrons. The van der Waals surface area contributed by atoms with E-state index in [4.69, 9.17) is 0 Å². The fraction of sp³-hybridized carbons (Fsp3) is 0.400. The number of hydrogen-bond acceptors (Lipinski definition) is 3. The second-order valence-corrected chi connectivity index (χ2v) is 5.90. The number of pyridine rings is 1. The molecule has 0 aliphatic heterocycles. The normalized spacial score (nSPS) is 10.7. The highest BCUT2D eigenvalue weighted by atomic mass is 16.1. The van der Waals surface area contributed by atoms with Crippen molar-refractivity contribution in [2.45, 2.75) is 40.2 Å². The summed E-state index contributed by atoms with van der Waals surface area (Å²) in [7, 11) is 0. The molecule has 0 aliphatic carbocycles. The van der Waals surface area contributed by atoms with Crippen molar-refractivity contribution < 1.29 is 4.79 Å². The Morgan fingerprint density at radius 2 is 1.79 bits per heavy atom. The van der Waals surface area contributed by atoms with Gasteiger partial charge in [0.1, 0.15) is 5.82 Å². The molecular formula is C20H27N3O. The Balaban J connectivity index is 2.03. The number of benzene rings is 1. The quantitative estimate of drug-likeness (QED) is 0.778. The molecule has 0 unspecified atom stereocenters. The van der Waals surface area contributed by atoms with Crippen molar-refractivity contribution in [3.05, 3.63) is 54.2 Å². The number of nitrogens with one attached hydrogen (secondary N) is 1. The van der Waals surface area contributed by atoms with Crippen LogP contribution in [-0.4, -0.2) is 17.4 Å². The van der Waals surface area contributed by atoms with Crippen LogP contribution in [0.1, 0.15) is 39.2 Å². The molecule has 0 saturated carbocycles. The number of rotatable bonds is 8. The lowest BCUT2D eigenvalue weighted by Gasteiger charge is -2.23. The third-order valence-electron chi connectivity index (χ3n) is 4.32. The van der Waals surface area contributed by atoms with Gasteiger partial charge in [-0.25, -0.2) is 4.98 Å². The average Bonchev–Trinajstić information content (AvgIpc) is 2.62. The Labute approximate surface area is 144 Å². The zero-order chi connectivity index (χ0) is 17.4. The van der Waals surface area contributed by atoms with Gasteiger partial charge in [0.05, 0.1) is 11.9 Å². The molecule has 0 atom stereocenters. The van der Waals surface area contributed by atoms with Crippen LogP contribution in [-0.2, 0) is 11.3 Å². The van der Waals surface area contributed by atoms with Crippen molar-refractivity contribution in [1.82, 2.24) is 4.98 Å². The molecule has 24 heavy (non-hydrogen) atoms. The molecule has 4 nitrogen and oxygen atoms in total. The van der Waals surface area contributed by atoms with Crippen molar-refractivity contribution >= 4 is 17.4 Å². The van der Waals surface area contributed by atoms with Crippen LogP contribution in [0.3, 0.4) is 0 Å². The Bertz CT molecular complexity index is 621. The molecule has 128 valence electrons. The van der Waals surface area contributed by atoms with Crippen molar-refractivity contribution in [3.8, 4) is 0 Å². The minimum absolute atomic E-state index is 0.0525. The minimum Gasteiger partial charge on any atom is -0.366 e. The zero-order valence-electron chi connectivity index (χ0n) is 14.8. The highest BCUT2D eigenvalue weighted by Crippen LogP contribution is 2.19. The highest BCUT2D eigenvalue weighted by Gasteiger charge is 2.14. The number of carbonyl (C=O) groups is 1. The van der Waals surface area contributed by atoms with E-state index in [9.17, 15) is 4.79 Å². The Morgan fingerprint density at radius 1 is 1.08 bits per heavy atom. The molecule has 1 amide bonds. The average molecular weight is 325 g/mol. The van der Waals surface area contributed by atoms with E-state index in [1.54, 1.807) is 0 Å². The zero-order valence-corrected chi connectivity index (χ0v) is 14.8. The molecule has 0 fully saturated rings. The Morgan fingerprint density at radius 3 is 2.33 bits per heavy atom. The predicted molar refractivity (Wildman–Crippen MR) is 100 cm³/mol. The van der Waals surface area contributed by atoms with Crippen LogP contribution in [0.15, 0.2) is 48.7 Å². The van der Waals surface area contributed by atoms with Crippen molar-refractivity contribution in [1.29, 1.82) is 0 Å². The number of carbonyl (C=O) groups excluding carboxylic acids is 1. The van der Waals surface area contributed by atoms with Crippen LogP contribution in [0.5, 0.6) is 0 Å². The summed E-state index contributed by atoms with van der Waals surface area (Å²) in [4.78, 5) is 18.8. The van der Waals surface area contributed by atoms with Crippen LogP contribution in [0.4, 0.5) is 11.5 Å². The summed E-state index contributed by atoms with van der Waals surface area (Å²) >= 11 is 0. The van der Waals surface area contributed by atoms with E-state index in [1.165, 1.54) is 5.56 Å². The topological polar surface area (TPSA) is 45.2 Å². The monoisotopic (exact) mass is 325 g/mol. The maximum atomic E-state index is 12.1. The maximum absolute atomic E-state index is 12.1. The van der Waals surface area contributed by atoms with Crippen molar-refractivity contribution in [2.75, 3.05) is 16.8 Å². The van der Waals surface area contributed by atoms with Gasteiger partial charge in [-0.15, -0.1) is 0 Å². The fourth-order valence-corrected chi connectivity index (χ4v) is 2.72. The van der Waals surface area contributed by atoms with Crippen LogP contribution >= 0.6 is 0 Å². The lowest BCUT2D eigenvalue weighted by Crippen LogP contribution is -2.23. The largest absolute Gasteiger partial charge is 0.366 e. The van der Waals surface area contributed by atoms with Crippen LogP contribution in [0.25, 0.3) is 0 Å². The van der Waals surface area contributed by atoms with Gasteiger partial charge in [-0.1, -0.05) is 44.2 Å². The molecule has 1 aromatic heterocycles. The predicted octanol–water partition coefficient (Wildman–Crippen LogP) is 4.48. The standard InChI is InChI=1S/C20H27N3O/c1-4-17(5-2)20(24)22-19-13-12-18(14-21-19)23(6-3)15-16-10-8-7-9-11-16/h7-14,17H,4-6,15H2,1-3H3,(H,21,22,24). The summed E-state index contributed by atoms with van der Waals surface area (Å²) < 4.78 is 0. The van der Waals surface area contributed by atoms with Gasteiger partial charge in [0, 0.05) is 19.0 Å². The molecule has 0 aliphatic rings. The van der Waals surface area contributed by atoms with Crippen molar-refractivity contribution in [3.63, 3.8) is 0 Å². The number of anilines is 2. The van der Waals surface area contributed by atoms with Crippen LogP contribution < -0.4 is 10.2 Å². The highest BCUT2D eigenvalue weighted by molar-refractivity contribution is 5.91. The molecule has 1 aromatic carbocycles. The van der Waals surface area contributed by atoms with Gasteiger partial charge in [0.2, 0.25) is 5.91 Å². The summed E-state index contributed by atoms with van der Waals surface area (Å²) in [5, 5.41) is 2.91. The first kappa shape index (κ1) is 18.0. The molecule has 0 spiro atoms. The SMILES string of the molecule is CCC(CC)C(=O)Nc1ccc(N(CC)Cc2ccccc2)cn1. The molecular weight excluding hydrogens is 298 g/mol. The first-order chi connectivity index (χ1) is 11.7. The Hall–Kier alpha value is -2.36. The van der Waals surface area contributed by atoms with Gasteiger partial charge in [-0.2, -0.15) is 0 Å². The molecule has 1 heterocycles. The van der Waals surface area contributed by atoms with Gasteiger partial charge >= 0.3 is 0 Å². The number of amides is 1. The van der Waals surface area contributed by atoms with E-state index in [1.807, 2.05) is 38.2 Å². The van der Waals surface area contributed by atoms with E-state index in [0.29, 0.717) is 5.82 Å². The maximum Gasteiger partial charge on any atom is 0.228 e. The smallest absolute Gasteiger partial charge is 0.228 e. The van der Waals surface area contributed by atoms with Gasteiger partial charge < -0.3 is 10.2 Å². The number of nitrogens with zero attached hydrogens (tertiary/aromatic N) is 2. The van der Waals surface area contributed by atoms with E-state index >= 15 is 0 Å². The van der Waals surface area contributed by atoms with E-state index in [2.05, 4.69) is 46.4 Å². The molecule has 4 heteroatoms. The van der Waals surface area contributed by atoms with E-state index < -0.39 is 0 Å². The molecule has 2 aromatic rings. The second kappa shape index (κ2) is 9.06. The van der Waals surface area contributed by atoms with Gasteiger partial charge in [0.15, 0.2) is 0 Å². The van der Waals surface area contributed by atoms with Gasteiger partial charge in [0.25, 0.3) is 0 Å². The molecule has 1 N–H and O–H groups in total. The fourth-order valence-electron chi connectivity index (χ4n) is 2.72. The summed E-state index contributed by atoms with van der Waals surface area (Å²) in [5.74, 6) is 0.722. The lowest BCUT2D eigenvalue weighted by molar-refractivity contribution is -0.120. The number of hydrogen-bond donors (Lipinski definition) is 1.